The van der Waals surface area contributed by atoms with Crippen molar-refractivity contribution in [2.75, 3.05) is 0 Å². The molecule has 0 spiro atoms. The van der Waals surface area contributed by atoms with E-state index < -0.39 is 4.92 Å². The van der Waals surface area contributed by atoms with Crippen LogP contribution in [-0.2, 0) is 0 Å². The minimum Gasteiger partial charge on any atom is -0.361 e. The molecule has 0 saturated carbocycles. The number of para-hydroxylation sites is 1. The average molecular weight is 239 g/mol. The van der Waals surface area contributed by atoms with Crippen LogP contribution in [0.15, 0.2) is 48.8 Å². The van der Waals surface area contributed by atoms with Gasteiger partial charge in [-0.2, -0.15) is 0 Å². The third-order valence-electron chi connectivity index (χ3n) is 2.84. The molecule has 0 aliphatic rings. The highest BCUT2D eigenvalue weighted by atomic mass is 16.6. The Bertz CT molecular complexity index is 734. The second kappa shape index (κ2) is 3.96. The van der Waals surface area contributed by atoms with E-state index in [-0.39, 0.29) is 5.82 Å². The van der Waals surface area contributed by atoms with E-state index in [1.807, 2.05) is 30.5 Å². The lowest BCUT2D eigenvalue weighted by atomic mass is 10.0. The summed E-state index contributed by atoms with van der Waals surface area (Å²) >= 11 is 0. The maximum atomic E-state index is 11.0. The molecule has 0 amide bonds. The van der Waals surface area contributed by atoms with E-state index in [4.69, 9.17) is 0 Å². The summed E-state index contributed by atoms with van der Waals surface area (Å²) in [5.74, 6) is -0.125. The van der Waals surface area contributed by atoms with Gasteiger partial charge in [-0.1, -0.05) is 18.2 Å². The van der Waals surface area contributed by atoms with Crippen LogP contribution in [0.1, 0.15) is 0 Å². The molecule has 0 unspecified atom stereocenters. The van der Waals surface area contributed by atoms with Crippen LogP contribution in [0.3, 0.4) is 0 Å². The maximum Gasteiger partial charge on any atom is 0.371 e. The number of hydrogen-bond acceptors (Lipinski definition) is 3. The maximum absolute atomic E-state index is 11.0. The number of fused-ring (bicyclic) bond motifs is 1. The van der Waals surface area contributed by atoms with Gasteiger partial charge in [0, 0.05) is 11.8 Å². The Kier molecular flexibility index (Phi) is 2.30. The molecular formula is C13H9N3O2. The number of benzene rings is 1. The zero-order valence-corrected chi connectivity index (χ0v) is 9.33. The number of hydrogen-bond donors (Lipinski definition) is 1. The number of aromatic nitrogens is 2. The van der Waals surface area contributed by atoms with Gasteiger partial charge in [0.15, 0.2) is 0 Å². The molecule has 1 aromatic carbocycles. The molecule has 0 aliphatic heterocycles. The van der Waals surface area contributed by atoms with Gasteiger partial charge in [0.2, 0.25) is 0 Å². The molecule has 3 aromatic rings. The number of H-pyrrole nitrogens is 1. The monoisotopic (exact) mass is 239 g/mol. The van der Waals surface area contributed by atoms with E-state index in [1.54, 1.807) is 12.1 Å². The van der Waals surface area contributed by atoms with Crippen molar-refractivity contribution in [3.63, 3.8) is 0 Å². The minimum absolute atomic E-state index is 0.125. The summed E-state index contributed by atoms with van der Waals surface area (Å²) in [4.78, 5) is 17.5. The molecule has 5 heteroatoms. The average Bonchev–Trinajstić information content (AvgIpc) is 2.86. The Morgan fingerprint density at radius 3 is 2.78 bits per heavy atom. The van der Waals surface area contributed by atoms with Crippen LogP contribution in [0, 0.1) is 10.1 Å². The van der Waals surface area contributed by atoms with Gasteiger partial charge in [0.25, 0.3) is 0 Å². The summed E-state index contributed by atoms with van der Waals surface area (Å²) in [5.41, 5.74) is 2.20. The highest BCUT2D eigenvalue weighted by Crippen LogP contribution is 2.32. The van der Waals surface area contributed by atoms with Crippen molar-refractivity contribution in [2.24, 2.45) is 0 Å². The zero-order chi connectivity index (χ0) is 12.5. The summed E-state index contributed by atoms with van der Waals surface area (Å²) in [6.07, 6.45) is 3.24. The molecule has 0 saturated heterocycles. The molecule has 18 heavy (non-hydrogen) atoms. The topological polar surface area (TPSA) is 71.8 Å². The number of aromatic amines is 1. The second-order valence-corrected chi connectivity index (χ2v) is 3.88. The van der Waals surface area contributed by atoms with Crippen LogP contribution in [-0.4, -0.2) is 14.9 Å². The first-order chi connectivity index (χ1) is 8.77. The molecule has 0 radical (unpaired) electrons. The normalized spacial score (nSPS) is 10.7. The molecule has 0 fully saturated rings. The van der Waals surface area contributed by atoms with Gasteiger partial charge in [-0.15, -0.1) is 0 Å². The molecule has 2 aromatic heterocycles. The van der Waals surface area contributed by atoms with Crippen molar-refractivity contribution in [1.29, 1.82) is 0 Å². The lowest BCUT2D eigenvalue weighted by Gasteiger charge is -2.04. The van der Waals surface area contributed by atoms with Crippen LogP contribution < -0.4 is 0 Å². The van der Waals surface area contributed by atoms with Gasteiger partial charge in [0.05, 0.1) is 11.1 Å². The summed E-state index contributed by atoms with van der Waals surface area (Å²) in [7, 11) is 0. The molecule has 88 valence electrons. The fourth-order valence-corrected chi connectivity index (χ4v) is 2.06. The Labute approximate surface area is 102 Å². The Morgan fingerprint density at radius 2 is 1.94 bits per heavy atom. The first-order valence-electron chi connectivity index (χ1n) is 5.43. The first kappa shape index (κ1) is 10.5. The summed E-state index contributed by atoms with van der Waals surface area (Å²) < 4.78 is 0. The highest BCUT2D eigenvalue weighted by molar-refractivity contribution is 5.95. The molecular weight excluding hydrogens is 230 g/mol. The van der Waals surface area contributed by atoms with Gasteiger partial charge < -0.3 is 15.1 Å². The van der Waals surface area contributed by atoms with Gasteiger partial charge in [-0.3, -0.25) is 0 Å². The summed E-state index contributed by atoms with van der Waals surface area (Å²) in [6, 6.07) is 11.0. The van der Waals surface area contributed by atoms with Crippen molar-refractivity contribution >= 4 is 16.7 Å². The molecule has 2 heterocycles. The fourth-order valence-electron chi connectivity index (χ4n) is 2.06. The van der Waals surface area contributed by atoms with E-state index in [0.717, 1.165) is 16.5 Å². The number of nitrogens with zero attached hydrogens (tertiary/aromatic N) is 2. The third kappa shape index (κ3) is 1.53. The molecule has 3 rings (SSSR count). The quantitative estimate of drug-likeness (QED) is 0.551. The van der Waals surface area contributed by atoms with Crippen molar-refractivity contribution in [2.45, 2.75) is 0 Å². The Morgan fingerprint density at radius 1 is 1.11 bits per heavy atom. The van der Waals surface area contributed by atoms with Crippen LogP contribution in [0.4, 0.5) is 5.82 Å². The Balaban J connectivity index is 2.33. The number of nitro groups is 1. The van der Waals surface area contributed by atoms with Crippen LogP contribution in [0.2, 0.25) is 0 Å². The number of nitrogens with one attached hydrogen (secondary N) is 1. The number of pyridine rings is 1. The first-order valence-corrected chi connectivity index (χ1v) is 5.43. The van der Waals surface area contributed by atoms with E-state index in [2.05, 4.69) is 9.97 Å². The van der Waals surface area contributed by atoms with Gasteiger partial charge in [-0.25, -0.2) is 0 Å². The smallest absolute Gasteiger partial charge is 0.361 e. The molecule has 1 N–H and O–H groups in total. The predicted octanol–water partition coefficient (Wildman–Crippen LogP) is 3.14. The lowest BCUT2D eigenvalue weighted by molar-refractivity contribution is -0.388. The molecule has 0 bridgehead atoms. The van der Waals surface area contributed by atoms with Crippen LogP contribution in [0.5, 0.6) is 0 Å². The van der Waals surface area contributed by atoms with Crippen LogP contribution in [0.25, 0.3) is 22.0 Å². The molecule has 5 nitrogen and oxygen atoms in total. The fraction of sp³-hybridized carbons (Fsp3) is 0. The third-order valence-corrected chi connectivity index (χ3v) is 2.84. The van der Waals surface area contributed by atoms with Gasteiger partial charge in [0.1, 0.15) is 6.20 Å². The van der Waals surface area contributed by atoms with E-state index in [0.29, 0.717) is 5.56 Å². The molecule has 0 aliphatic carbocycles. The standard InChI is InChI=1S/C13H9N3O2/c17-16(18)13-11(5-2-7-15-13)10-4-1-3-9-6-8-14-12(9)10/h1-8,14H. The second-order valence-electron chi connectivity index (χ2n) is 3.88. The predicted molar refractivity (Wildman–Crippen MR) is 68.2 cm³/mol. The Hall–Kier alpha value is -2.69. The van der Waals surface area contributed by atoms with Gasteiger partial charge in [-0.05, 0) is 33.5 Å². The van der Waals surface area contributed by atoms with Crippen LogP contribution >= 0.6 is 0 Å². The van der Waals surface area contributed by atoms with Crippen molar-refractivity contribution < 1.29 is 4.92 Å². The lowest BCUT2D eigenvalue weighted by Crippen LogP contribution is -1.95. The molecule has 0 atom stereocenters. The zero-order valence-electron chi connectivity index (χ0n) is 9.33. The highest BCUT2D eigenvalue weighted by Gasteiger charge is 2.17. The van der Waals surface area contributed by atoms with E-state index >= 15 is 0 Å². The van der Waals surface area contributed by atoms with Gasteiger partial charge >= 0.3 is 5.82 Å². The summed E-state index contributed by atoms with van der Waals surface area (Å²) in [5, 5.41) is 12.0. The largest absolute Gasteiger partial charge is 0.371 e. The van der Waals surface area contributed by atoms with Crippen molar-refractivity contribution in [3.05, 3.63) is 58.9 Å². The minimum atomic E-state index is -0.461. The van der Waals surface area contributed by atoms with E-state index in [9.17, 15) is 10.1 Å². The summed E-state index contributed by atoms with van der Waals surface area (Å²) in [6.45, 7) is 0. The van der Waals surface area contributed by atoms with E-state index in [1.165, 1.54) is 6.20 Å². The van der Waals surface area contributed by atoms with Crippen molar-refractivity contribution in [1.82, 2.24) is 9.97 Å². The van der Waals surface area contributed by atoms with Crippen molar-refractivity contribution in [3.8, 4) is 11.1 Å². The SMILES string of the molecule is O=[N+]([O-])c1ncccc1-c1cccc2cc[nH]c12. The number of rotatable bonds is 2.